The largest absolute Gasteiger partial charge is 0.416 e. The van der Waals surface area contributed by atoms with Gasteiger partial charge < -0.3 is 5.73 Å². The first-order chi connectivity index (χ1) is 8.43. The highest BCUT2D eigenvalue weighted by Gasteiger charge is 2.30. The lowest BCUT2D eigenvalue weighted by molar-refractivity contribution is -0.137. The van der Waals surface area contributed by atoms with Gasteiger partial charge in [0.15, 0.2) is 0 Å². The van der Waals surface area contributed by atoms with Crippen LogP contribution in [0.2, 0.25) is 0 Å². The van der Waals surface area contributed by atoms with Gasteiger partial charge in [-0.25, -0.2) is 0 Å². The predicted octanol–water partition coefficient (Wildman–Crippen LogP) is 1.96. The molecule has 7 heteroatoms. The van der Waals surface area contributed by atoms with Crippen LogP contribution in [0.1, 0.15) is 11.3 Å². The van der Waals surface area contributed by atoms with Crippen LogP contribution < -0.4 is 5.73 Å². The van der Waals surface area contributed by atoms with Crippen LogP contribution in [0.25, 0.3) is 11.3 Å². The fourth-order valence-corrected chi connectivity index (χ4v) is 1.65. The fourth-order valence-electron chi connectivity index (χ4n) is 1.65. The second-order valence-electron chi connectivity index (χ2n) is 3.79. The van der Waals surface area contributed by atoms with E-state index in [4.69, 9.17) is 5.73 Å². The molecule has 2 N–H and O–H groups in total. The van der Waals surface area contributed by atoms with Crippen molar-refractivity contribution >= 4 is 0 Å². The maximum Gasteiger partial charge on any atom is 0.416 e. The number of aryl methyl sites for hydroxylation is 1. The van der Waals surface area contributed by atoms with E-state index >= 15 is 0 Å². The van der Waals surface area contributed by atoms with E-state index < -0.39 is 11.7 Å². The highest BCUT2D eigenvalue weighted by atomic mass is 19.4. The molecule has 0 radical (unpaired) electrons. The van der Waals surface area contributed by atoms with Crippen LogP contribution in [0, 0.1) is 0 Å². The topological polar surface area (TPSA) is 56.7 Å². The first-order valence-electron chi connectivity index (χ1n) is 5.19. The lowest BCUT2D eigenvalue weighted by atomic mass is 10.1. The van der Waals surface area contributed by atoms with Gasteiger partial charge >= 0.3 is 6.18 Å². The molecule has 4 nitrogen and oxygen atoms in total. The smallest absolute Gasteiger partial charge is 0.325 e. The molecule has 0 fully saturated rings. The Morgan fingerprint density at radius 1 is 1.22 bits per heavy atom. The molecule has 2 aromatic rings. The van der Waals surface area contributed by atoms with E-state index in [1.165, 1.54) is 16.8 Å². The van der Waals surface area contributed by atoms with Gasteiger partial charge in [0, 0.05) is 19.2 Å². The van der Waals surface area contributed by atoms with Gasteiger partial charge in [-0.1, -0.05) is 17.3 Å². The zero-order chi connectivity index (χ0) is 13.3. The van der Waals surface area contributed by atoms with E-state index in [0.29, 0.717) is 17.0 Å². The number of halogens is 3. The number of aromatic nitrogens is 3. The van der Waals surface area contributed by atoms with Gasteiger partial charge in [-0.15, -0.1) is 5.10 Å². The SMILES string of the molecule is Cn1nnc(-c2ccc(C(F)(F)F)cc2)c1CN. The van der Waals surface area contributed by atoms with Gasteiger partial charge in [0.05, 0.1) is 11.3 Å². The van der Waals surface area contributed by atoms with Crippen molar-refractivity contribution in [3.63, 3.8) is 0 Å². The number of hydrogen-bond donors (Lipinski definition) is 1. The zero-order valence-corrected chi connectivity index (χ0v) is 9.57. The average Bonchev–Trinajstić information content (AvgIpc) is 2.69. The van der Waals surface area contributed by atoms with Gasteiger partial charge in [0.2, 0.25) is 0 Å². The van der Waals surface area contributed by atoms with E-state index in [1.54, 1.807) is 7.05 Å². The number of benzene rings is 1. The maximum absolute atomic E-state index is 12.4. The van der Waals surface area contributed by atoms with Crippen LogP contribution in [0.4, 0.5) is 13.2 Å². The molecule has 0 atom stereocenters. The second kappa shape index (κ2) is 4.41. The van der Waals surface area contributed by atoms with Crippen LogP contribution >= 0.6 is 0 Å². The van der Waals surface area contributed by atoms with E-state index in [9.17, 15) is 13.2 Å². The van der Waals surface area contributed by atoms with Gasteiger partial charge in [-0.2, -0.15) is 13.2 Å². The van der Waals surface area contributed by atoms with Crippen molar-refractivity contribution < 1.29 is 13.2 Å². The normalized spacial score (nSPS) is 11.8. The molecule has 0 bridgehead atoms. The summed E-state index contributed by atoms with van der Waals surface area (Å²) in [7, 11) is 1.68. The standard InChI is InChI=1S/C11H11F3N4/c1-18-9(6-15)10(16-17-18)7-2-4-8(5-3-7)11(12,13)14/h2-5H,6,15H2,1H3. The number of rotatable bonds is 2. The summed E-state index contributed by atoms with van der Waals surface area (Å²) in [6.07, 6.45) is -4.34. The van der Waals surface area contributed by atoms with Crippen LogP contribution in [0.5, 0.6) is 0 Å². The van der Waals surface area contributed by atoms with E-state index in [1.807, 2.05) is 0 Å². The van der Waals surface area contributed by atoms with E-state index in [2.05, 4.69) is 10.3 Å². The average molecular weight is 256 g/mol. The van der Waals surface area contributed by atoms with Crippen molar-refractivity contribution in [3.8, 4) is 11.3 Å². The Kier molecular flexibility index (Phi) is 3.08. The molecule has 1 heterocycles. The number of nitrogens with two attached hydrogens (primary N) is 1. The molecular weight excluding hydrogens is 245 g/mol. The highest BCUT2D eigenvalue weighted by Crippen LogP contribution is 2.31. The summed E-state index contributed by atoms with van der Waals surface area (Å²) in [5.41, 5.74) is 6.61. The Morgan fingerprint density at radius 2 is 1.83 bits per heavy atom. The molecule has 0 amide bonds. The van der Waals surface area contributed by atoms with Gasteiger partial charge in [0.1, 0.15) is 5.69 Å². The molecule has 0 saturated carbocycles. The summed E-state index contributed by atoms with van der Waals surface area (Å²) in [4.78, 5) is 0. The van der Waals surface area contributed by atoms with Crippen molar-refractivity contribution in [3.05, 3.63) is 35.5 Å². The van der Waals surface area contributed by atoms with Gasteiger partial charge in [-0.3, -0.25) is 4.68 Å². The molecule has 0 aliphatic carbocycles. The minimum Gasteiger partial charge on any atom is -0.325 e. The Hall–Kier alpha value is -1.89. The third kappa shape index (κ3) is 2.21. The molecule has 18 heavy (non-hydrogen) atoms. The monoisotopic (exact) mass is 256 g/mol. The molecule has 0 aliphatic heterocycles. The van der Waals surface area contributed by atoms with Crippen molar-refractivity contribution in [1.82, 2.24) is 15.0 Å². The first-order valence-corrected chi connectivity index (χ1v) is 5.19. The summed E-state index contributed by atoms with van der Waals surface area (Å²) < 4.78 is 38.8. The third-order valence-electron chi connectivity index (χ3n) is 2.62. The maximum atomic E-state index is 12.4. The second-order valence-corrected chi connectivity index (χ2v) is 3.79. The van der Waals surface area contributed by atoms with Crippen LogP contribution in [-0.4, -0.2) is 15.0 Å². The van der Waals surface area contributed by atoms with Crippen LogP contribution in [0.3, 0.4) is 0 Å². The number of alkyl halides is 3. The first kappa shape index (κ1) is 12.6. The molecule has 1 aromatic carbocycles. The van der Waals surface area contributed by atoms with Crippen LogP contribution in [0.15, 0.2) is 24.3 Å². The molecule has 96 valence electrons. The lowest BCUT2D eigenvalue weighted by Gasteiger charge is -2.07. The van der Waals surface area contributed by atoms with Gasteiger partial charge in [0.25, 0.3) is 0 Å². The molecule has 1 aromatic heterocycles. The van der Waals surface area contributed by atoms with Crippen molar-refractivity contribution in [2.45, 2.75) is 12.7 Å². The molecule has 0 aliphatic rings. The Balaban J connectivity index is 2.40. The quantitative estimate of drug-likeness (QED) is 0.893. The Bertz CT molecular complexity index is 542. The van der Waals surface area contributed by atoms with Crippen molar-refractivity contribution in [2.75, 3.05) is 0 Å². The molecular formula is C11H11F3N4. The summed E-state index contributed by atoms with van der Waals surface area (Å²) in [6, 6.07) is 4.77. The zero-order valence-electron chi connectivity index (χ0n) is 9.57. The van der Waals surface area contributed by atoms with Crippen molar-refractivity contribution in [1.29, 1.82) is 0 Å². The lowest BCUT2D eigenvalue weighted by Crippen LogP contribution is -2.06. The molecule has 0 spiro atoms. The highest BCUT2D eigenvalue weighted by molar-refractivity contribution is 5.61. The van der Waals surface area contributed by atoms with E-state index in [-0.39, 0.29) is 6.54 Å². The predicted molar refractivity (Wildman–Crippen MR) is 59.3 cm³/mol. The number of nitrogens with zero attached hydrogens (tertiary/aromatic N) is 3. The molecule has 2 rings (SSSR count). The minimum atomic E-state index is -4.34. The summed E-state index contributed by atoms with van der Waals surface area (Å²) >= 11 is 0. The minimum absolute atomic E-state index is 0.222. The van der Waals surface area contributed by atoms with Crippen molar-refractivity contribution in [2.24, 2.45) is 12.8 Å². The van der Waals surface area contributed by atoms with E-state index in [0.717, 1.165) is 12.1 Å². The summed E-state index contributed by atoms with van der Waals surface area (Å²) in [5, 5.41) is 7.70. The summed E-state index contributed by atoms with van der Waals surface area (Å²) in [5.74, 6) is 0. The molecule has 0 unspecified atom stereocenters. The Labute approximate surface area is 101 Å². The van der Waals surface area contributed by atoms with Crippen LogP contribution in [-0.2, 0) is 19.8 Å². The van der Waals surface area contributed by atoms with Gasteiger partial charge in [-0.05, 0) is 12.1 Å². The number of hydrogen-bond acceptors (Lipinski definition) is 3. The summed E-state index contributed by atoms with van der Waals surface area (Å²) in [6.45, 7) is 0.222. The third-order valence-corrected chi connectivity index (χ3v) is 2.62. The Morgan fingerprint density at radius 3 is 2.33 bits per heavy atom. The fraction of sp³-hybridized carbons (Fsp3) is 0.273. The molecule has 0 saturated heterocycles.